The van der Waals surface area contributed by atoms with Gasteiger partial charge in [-0.15, -0.1) is 0 Å². The number of anilines is 3. The van der Waals surface area contributed by atoms with Crippen LogP contribution in [0.2, 0.25) is 0 Å². The summed E-state index contributed by atoms with van der Waals surface area (Å²) in [5.74, 6) is 0. The summed E-state index contributed by atoms with van der Waals surface area (Å²) in [6.07, 6.45) is 1.90. The summed E-state index contributed by atoms with van der Waals surface area (Å²) in [7, 11) is 0. The number of hydrogen-bond donors (Lipinski definition) is 0. The van der Waals surface area contributed by atoms with E-state index < -0.39 is 5.41 Å². The minimum absolute atomic E-state index is 0.624. The molecule has 0 spiro atoms. The Morgan fingerprint density at radius 3 is 1.56 bits per heavy atom. The minimum atomic E-state index is -0.624. The van der Waals surface area contributed by atoms with Crippen LogP contribution in [0.4, 0.5) is 17.1 Å². The molecule has 12 rings (SSSR count). The molecule has 1 aliphatic rings. The highest BCUT2D eigenvalue weighted by Gasteiger charge is 2.46. The normalized spacial score (nSPS) is 14.1. The van der Waals surface area contributed by atoms with Gasteiger partial charge < -0.3 is 4.90 Å². The largest absolute Gasteiger partial charge is 0.310 e. The number of fused-ring (bicyclic) bond motifs is 6. The van der Waals surface area contributed by atoms with E-state index in [0.717, 1.165) is 39.3 Å². The summed E-state index contributed by atoms with van der Waals surface area (Å²) in [6.45, 7) is 0. The van der Waals surface area contributed by atoms with Crippen LogP contribution in [0.3, 0.4) is 0 Å². The van der Waals surface area contributed by atoms with Crippen molar-refractivity contribution in [2.45, 2.75) is 5.41 Å². The fourth-order valence-corrected chi connectivity index (χ4v) is 10.1. The summed E-state index contributed by atoms with van der Waals surface area (Å²) in [6, 6.07) is 88.3. The van der Waals surface area contributed by atoms with Crippen LogP contribution in [0.5, 0.6) is 0 Å². The molecular weight excluding hydrogens is 763 g/mol. The summed E-state index contributed by atoms with van der Waals surface area (Å²) in [5.41, 5.74) is 18.1. The maximum atomic E-state index is 4.96. The highest BCUT2D eigenvalue weighted by Crippen LogP contribution is 2.58. The highest BCUT2D eigenvalue weighted by molar-refractivity contribution is 6.08. The first kappa shape index (κ1) is 36.6. The lowest BCUT2D eigenvalue weighted by atomic mass is 9.67. The van der Waals surface area contributed by atoms with Crippen molar-refractivity contribution in [3.05, 3.63) is 271 Å². The quantitative estimate of drug-likeness (QED) is 0.153. The molecule has 3 heteroatoms. The Hall–Kier alpha value is -8.27. The molecule has 1 unspecified atom stereocenters. The number of aromatic nitrogens is 2. The first-order valence-corrected chi connectivity index (χ1v) is 21.6. The van der Waals surface area contributed by atoms with Gasteiger partial charge in [0.05, 0.1) is 10.9 Å². The SMILES string of the molecule is c1ccc(-c2ccc(N(c3ccc(-c4ccccc4)cc3)c3ccc4c(c3)C(c3ccccc3)(c3ccc5c(c3)c3cccnc3n5-c3ccccc3)c3ccccc3-4)cc2)cc1. The maximum Gasteiger partial charge on any atom is 0.145 e. The standard InChI is InChI=1S/C60H41N3/c1-5-16-42(17-6-1)44-27-32-49(33-28-44)62(50-34-29-45(30-35-50)43-18-7-2-8-19-43)51-36-37-53-52-24-13-14-26-56(52)60(57(53)41-51,46-20-9-3-10-21-46)47-31-38-58-55(40-47)54-25-15-39-61-59(54)63(58)48-22-11-4-12-23-48/h1-41H. The highest BCUT2D eigenvalue weighted by atomic mass is 15.1. The van der Waals surface area contributed by atoms with Crippen molar-refractivity contribution >= 4 is 39.0 Å². The molecular formula is C60H41N3. The van der Waals surface area contributed by atoms with E-state index in [1.165, 1.54) is 61.0 Å². The fraction of sp³-hybridized carbons (Fsp3) is 0.0167. The lowest BCUT2D eigenvalue weighted by Crippen LogP contribution is -2.28. The van der Waals surface area contributed by atoms with Crippen LogP contribution in [0.1, 0.15) is 22.3 Å². The summed E-state index contributed by atoms with van der Waals surface area (Å²) < 4.78 is 2.29. The monoisotopic (exact) mass is 803 g/mol. The lowest BCUT2D eigenvalue weighted by molar-refractivity contribution is 0.770. The Balaban J connectivity index is 1.09. The maximum absolute atomic E-state index is 4.96. The van der Waals surface area contributed by atoms with E-state index in [4.69, 9.17) is 4.98 Å². The van der Waals surface area contributed by atoms with Crippen LogP contribution in [-0.2, 0) is 5.41 Å². The summed E-state index contributed by atoms with van der Waals surface area (Å²) in [5, 5.41) is 2.31. The first-order chi connectivity index (χ1) is 31.3. The molecule has 0 amide bonds. The minimum Gasteiger partial charge on any atom is -0.310 e. The number of para-hydroxylation sites is 1. The molecule has 0 fully saturated rings. The molecule has 0 radical (unpaired) electrons. The van der Waals surface area contributed by atoms with Crippen LogP contribution in [0.15, 0.2) is 249 Å². The Morgan fingerprint density at radius 2 is 0.905 bits per heavy atom. The van der Waals surface area contributed by atoms with Gasteiger partial charge in [0.15, 0.2) is 0 Å². The molecule has 63 heavy (non-hydrogen) atoms. The van der Waals surface area contributed by atoms with Crippen molar-refractivity contribution in [2.24, 2.45) is 0 Å². The van der Waals surface area contributed by atoms with E-state index in [-0.39, 0.29) is 0 Å². The van der Waals surface area contributed by atoms with Crippen LogP contribution in [0.25, 0.3) is 61.0 Å². The van der Waals surface area contributed by atoms with Gasteiger partial charge in [0.25, 0.3) is 0 Å². The number of benzene rings is 9. The second-order valence-corrected chi connectivity index (χ2v) is 16.3. The van der Waals surface area contributed by atoms with Gasteiger partial charge in [0.2, 0.25) is 0 Å². The molecule has 296 valence electrons. The summed E-state index contributed by atoms with van der Waals surface area (Å²) in [4.78, 5) is 7.37. The molecule has 1 atom stereocenters. The van der Waals surface area contributed by atoms with E-state index in [9.17, 15) is 0 Å². The third kappa shape index (κ3) is 5.93. The van der Waals surface area contributed by atoms with Gasteiger partial charge in [-0.05, 0) is 128 Å². The van der Waals surface area contributed by atoms with Gasteiger partial charge in [0, 0.05) is 39.7 Å². The zero-order valence-corrected chi connectivity index (χ0v) is 34.5. The number of nitrogens with zero attached hydrogens (tertiary/aromatic N) is 3. The third-order valence-corrected chi connectivity index (χ3v) is 12.9. The topological polar surface area (TPSA) is 21.1 Å². The molecule has 0 bridgehead atoms. The van der Waals surface area contributed by atoms with Crippen molar-refractivity contribution in [1.82, 2.24) is 9.55 Å². The van der Waals surface area contributed by atoms with E-state index in [2.05, 4.69) is 252 Å². The molecule has 11 aromatic rings. The van der Waals surface area contributed by atoms with Crippen LogP contribution in [0, 0.1) is 0 Å². The first-order valence-electron chi connectivity index (χ1n) is 21.6. The van der Waals surface area contributed by atoms with Crippen LogP contribution < -0.4 is 4.90 Å². The predicted molar refractivity (Wildman–Crippen MR) is 261 cm³/mol. The Bertz CT molecular complexity index is 3330. The van der Waals surface area contributed by atoms with E-state index in [0.29, 0.717) is 0 Å². The Kier molecular flexibility index (Phi) is 8.72. The molecule has 0 aliphatic heterocycles. The van der Waals surface area contributed by atoms with Crippen molar-refractivity contribution in [3.8, 4) is 39.1 Å². The van der Waals surface area contributed by atoms with Gasteiger partial charge in [-0.3, -0.25) is 4.57 Å². The zero-order valence-electron chi connectivity index (χ0n) is 34.5. The van der Waals surface area contributed by atoms with E-state index >= 15 is 0 Å². The number of hydrogen-bond acceptors (Lipinski definition) is 2. The smallest absolute Gasteiger partial charge is 0.145 e. The predicted octanol–water partition coefficient (Wildman–Crippen LogP) is 15.3. The Morgan fingerprint density at radius 1 is 0.365 bits per heavy atom. The molecule has 3 nitrogen and oxygen atoms in total. The van der Waals surface area contributed by atoms with Crippen molar-refractivity contribution in [2.75, 3.05) is 4.90 Å². The Labute approximate surface area is 367 Å². The van der Waals surface area contributed by atoms with Gasteiger partial charge in [-0.1, -0.05) is 170 Å². The molecule has 0 saturated heterocycles. The zero-order chi connectivity index (χ0) is 41.7. The lowest BCUT2D eigenvalue weighted by Gasteiger charge is -2.35. The average Bonchev–Trinajstić information content (AvgIpc) is 3.86. The summed E-state index contributed by atoms with van der Waals surface area (Å²) >= 11 is 0. The third-order valence-electron chi connectivity index (χ3n) is 12.9. The molecule has 0 saturated carbocycles. The molecule has 0 N–H and O–H groups in total. The second-order valence-electron chi connectivity index (χ2n) is 16.3. The second kappa shape index (κ2) is 15.0. The fourth-order valence-electron chi connectivity index (χ4n) is 10.1. The van der Waals surface area contributed by atoms with Gasteiger partial charge in [0.1, 0.15) is 5.65 Å². The van der Waals surface area contributed by atoms with E-state index in [1.807, 2.05) is 6.20 Å². The molecule has 9 aromatic carbocycles. The van der Waals surface area contributed by atoms with E-state index in [1.54, 1.807) is 0 Å². The van der Waals surface area contributed by atoms with Gasteiger partial charge in [-0.2, -0.15) is 0 Å². The molecule has 1 aliphatic carbocycles. The average molecular weight is 804 g/mol. The van der Waals surface area contributed by atoms with Crippen molar-refractivity contribution in [1.29, 1.82) is 0 Å². The molecule has 2 heterocycles. The number of rotatable bonds is 8. The van der Waals surface area contributed by atoms with Crippen molar-refractivity contribution in [3.63, 3.8) is 0 Å². The van der Waals surface area contributed by atoms with Crippen molar-refractivity contribution < 1.29 is 0 Å². The van der Waals surface area contributed by atoms with Gasteiger partial charge in [-0.25, -0.2) is 4.98 Å². The van der Waals surface area contributed by atoms with Crippen LogP contribution in [-0.4, -0.2) is 9.55 Å². The number of pyridine rings is 1. The van der Waals surface area contributed by atoms with Crippen LogP contribution >= 0.6 is 0 Å². The molecule has 2 aromatic heterocycles. The van der Waals surface area contributed by atoms with Gasteiger partial charge >= 0.3 is 0 Å².